The van der Waals surface area contributed by atoms with Crippen molar-refractivity contribution >= 4 is 5.91 Å². The third kappa shape index (κ3) is 2.95. The third-order valence-corrected chi connectivity index (χ3v) is 3.73. The van der Waals surface area contributed by atoms with Crippen molar-refractivity contribution in [1.82, 2.24) is 20.5 Å². The van der Waals surface area contributed by atoms with Gasteiger partial charge in [-0.25, -0.2) is 0 Å². The number of carbonyl (C=O) groups excluding carboxylic acids is 1. The van der Waals surface area contributed by atoms with Crippen molar-refractivity contribution < 1.29 is 9.53 Å². The molecule has 3 heterocycles. The summed E-state index contributed by atoms with van der Waals surface area (Å²) in [6.07, 6.45) is 4.21. The lowest BCUT2D eigenvalue weighted by atomic mass is 10.0. The SMILES string of the molecule is C[C@H](NC(=O)c1cn[nH]c1[C@H]1CCOC1)c1ccccn1. The van der Waals surface area contributed by atoms with E-state index in [9.17, 15) is 4.79 Å². The van der Waals surface area contributed by atoms with E-state index < -0.39 is 0 Å². The van der Waals surface area contributed by atoms with Crippen molar-refractivity contribution in [3.63, 3.8) is 0 Å². The molecule has 2 aromatic rings. The van der Waals surface area contributed by atoms with Crippen molar-refractivity contribution in [3.8, 4) is 0 Å². The second kappa shape index (κ2) is 6.05. The average molecular weight is 286 g/mol. The van der Waals surface area contributed by atoms with Crippen LogP contribution in [0.3, 0.4) is 0 Å². The maximum Gasteiger partial charge on any atom is 0.255 e. The molecule has 6 heteroatoms. The number of amides is 1. The van der Waals surface area contributed by atoms with Gasteiger partial charge < -0.3 is 10.1 Å². The minimum Gasteiger partial charge on any atom is -0.381 e. The first-order chi connectivity index (χ1) is 10.3. The average Bonchev–Trinajstić information content (AvgIpc) is 3.18. The molecule has 0 aromatic carbocycles. The normalized spacial score (nSPS) is 19.4. The van der Waals surface area contributed by atoms with E-state index in [0.717, 1.165) is 24.4 Å². The highest BCUT2D eigenvalue weighted by Gasteiger charge is 2.25. The molecule has 2 aromatic heterocycles. The van der Waals surface area contributed by atoms with Crippen molar-refractivity contribution in [2.75, 3.05) is 13.2 Å². The molecule has 0 spiro atoms. The van der Waals surface area contributed by atoms with E-state index in [1.807, 2.05) is 25.1 Å². The lowest BCUT2D eigenvalue weighted by molar-refractivity contribution is 0.0937. The molecule has 1 amide bonds. The van der Waals surface area contributed by atoms with Gasteiger partial charge in [-0.2, -0.15) is 5.10 Å². The van der Waals surface area contributed by atoms with Gasteiger partial charge in [0.1, 0.15) is 0 Å². The Bertz CT molecular complexity index is 605. The van der Waals surface area contributed by atoms with E-state index in [1.165, 1.54) is 0 Å². The Kier molecular flexibility index (Phi) is 3.96. The van der Waals surface area contributed by atoms with Gasteiger partial charge in [0.25, 0.3) is 5.91 Å². The number of nitrogens with zero attached hydrogens (tertiary/aromatic N) is 2. The number of aromatic amines is 1. The third-order valence-electron chi connectivity index (χ3n) is 3.73. The van der Waals surface area contributed by atoms with Crippen LogP contribution in [0.5, 0.6) is 0 Å². The second-order valence-electron chi connectivity index (χ2n) is 5.21. The zero-order chi connectivity index (χ0) is 14.7. The van der Waals surface area contributed by atoms with Gasteiger partial charge >= 0.3 is 0 Å². The predicted octanol–water partition coefficient (Wildman–Crippen LogP) is 1.80. The van der Waals surface area contributed by atoms with Crippen LogP contribution in [0.25, 0.3) is 0 Å². The fourth-order valence-electron chi connectivity index (χ4n) is 2.53. The van der Waals surface area contributed by atoms with Crippen molar-refractivity contribution in [3.05, 3.63) is 47.5 Å². The van der Waals surface area contributed by atoms with Gasteiger partial charge in [0.2, 0.25) is 0 Å². The van der Waals surface area contributed by atoms with Gasteiger partial charge in [0.15, 0.2) is 0 Å². The molecule has 1 saturated heterocycles. The lowest BCUT2D eigenvalue weighted by Crippen LogP contribution is -2.28. The Hall–Kier alpha value is -2.21. The minimum atomic E-state index is -0.152. The van der Waals surface area contributed by atoms with Gasteiger partial charge in [0, 0.05) is 18.7 Å². The molecule has 2 N–H and O–H groups in total. The first-order valence-corrected chi connectivity index (χ1v) is 7.08. The zero-order valence-corrected chi connectivity index (χ0v) is 11.9. The Morgan fingerprint density at radius 1 is 1.52 bits per heavy atom. The van der Waals surface area contributed by atoms with Crippen molar-refractivity contribution in [1.29, 1.82) is 0 Å². The largest absolute Gasteiger partial charge is 0.381 e. The summed E-state index contributed by atoms with van der Waals surface area (Å²) in [5.41, 5.74) is 2.28. The minimum absolute atomic E-state index is 0.135. The smallest absolute Gasteiger partial charge is 0.255 e. The number of aromatic nitrogens is 3. The van der Waals surface area contributed by atoms with Crippen LogP contribution in [0.4, 0.5) is 0 Å². The van der Waals surface area contributed by atoms with E-state index in [-0.39, 0.29) is 17.9 Å². The molecule has 1 aliphatic heterocycles. The number of H-pyrrole nitrogens is 1. The van der Waals surface area contributed by atoms with Gasteiger partial charge in [-0.1, -0.05) is 6.07 Å². The van der Waals surface area contributed by atoms with E-state index in [2.05, 4.69) is 20.5 Å². The molecule has 0 radical (unpaired) electrons. The van der Waals surface area contributed by atoms with E-state index in [1.54, 1.807) is 12.4 Å². The first kappa shape index (κ1) is 13.8. The summed E-state index contributed by atoms with van der Waals surface area (Å²) in [6, 6.07) is 5.50. The molecule has 1 fully saturated rings. The molecule has 21 heavy (non-hydrogen) atoms. The van der Waals surface area contributed by atoms with Crippen LogP contribution in [0.1, 0.15) is 47.1 Å². The molecule has 0 bridgehead atoms. The molecule has 0 saturated carbocycles. The predicted molar refractivity (Wildman–Crippen MR) is 76.9 cm³/mol. The highest BCUT2D eigenvalue weighted by molar-refractivity contribution is 5.95. The van der Waals surface area contributed by atoms with Gasteiger partial charge in [-0.15, -0.1) is 0 Å². The molecule has 2 atom stereocenters. The summed E-state index contributed by atoms with van der Waals surface area (Å²) in [4.78, 5) is 16.7. The highest BCUT2D eigenvalue weighted by Crippen LogP contribution is 2.26. The van der Waals surface area contributed by atoms with Crippen LogP contribution in [0, 0.1) is 0 Å². The number of hydrogen-bond donors (Lipinski definition) is 2. The van der Waals surface area contributed by atoms with Crippen LogP contribution >= 0.6 is 0 Å². The molecular formula is C15H18N4O2. The standard InChI is InChI=1S/C15H18N4O2/c1-10(13-4-2-3-6-16-13)18-15(20)12-8-17-19-14(12)11-5-7-21-9-11/h2-4,6,8,10-11H,5,7,9H2,1H3,(H,17,19)(H,18,20)/t10-,11-/m0/s1. The first-order valence-electron chi connectivity index (χ1n) is 7.08. The number of rotatable bonds is 4. The van der Waals surface area contributed by atoms with Crippen LogP contribution in [-0.4, -0.2) is 34.3 Å². The van der Waals surface area contributed by atoms with E-state index in [4.69, 9.17) is 4.74 Å². The van der Waals surface area contributed by atoms with Gasteiger partial charge in [-0.3, -0.25) is 14.9 Å². The Balaban J connectivity index is 1.72. The highest BCUT2D eigenvalue weighted by atomic mass is 16.5. The summed E-state index contributed by atoms with van der Waals surface area (Å²) in [5, 5.41) is 9.91. The van der Waals surface area contributed by atoms with Crippen LogP contribution in [0.2, 0.25) is 0 Å². The topological polar surface area (TPSA) is 79.9 Å². The second-order valence-corrected chi connectivity index (χ2v) is 5.21. The van der Waals surface area contributed by atoms with Crippen LogP contribution in [-0.2, 0) is 4.74 Å². The van der Waals surface area contributed by atoms with Crippen molar-refractivity contribution in [2.24, 2.45) is 0 Å². The summed E-state index contributed by atoms with van der Waals surface area (Å²) in [7, 11) is 0. The quantitative estimate of drug-likeness (QED) is 0.898. The summed E-state index contributed by atoms with van der Waals surface area (Å²) >= 11 is 0. The van der Waals surface area contributed by atoms with Crippen LogP contribution < -0.4 is 5.32 Å². The molecule has 0 unspecified atom stereocenters. The Morgan fingerprint density at radius 3 is 3.14 bits per heavy atom. The summed E-state index contributed by atoms with van der Waals surface area (Å²) < 4.78 is 5.38. The van der Waals surface area contributed by atoms with Crippen molar-refractivity contribution in [2.45, 2.75) is 25.3 Å². The maximum atomic E-state index is 12.4. The number of carbonyl (C=O) groups is 1. The molecular weight excluding hydrogens is 268 g/mol. The number of pyridine rings is 1. The molecule has 6 nitrogen and oxygen atoms in total. The number of hydrogen-bond acceptors (Lipinski definition) is 4. The van der Waals surface area contributed by atoms with E-state index >= 15 is 0 Å². The number of ether oxygens (including phenoxy) is 1. The summed E-state index contributed by atoms with van der Waals surface area (Å²) in [6.45, 7) is 3.28. The van der Waals surface area contributed by atoms with Crippen LogP contribution in [0.15, 0.2) is 30.6 Å². The zero-order valence-electron chi connectivity index (χ0n) is 11.9. The fraction of sp³-hybridized carbons (Fsp3) is 0.400. The van der Waals surface area contributed by atoms with Gasteiger partial charge in [0.05, 0.1) is 35.8 Å². The molecule has 3 rings (SSSR count). The lowest BCUT2D eigenvalue weighted by Gasteiger charge is -2.14. The molecule has 110 valence electrons. The summed E-state index contributed by atoms with van der Waals surface area (Å²) in [5.74, 6) is 0.0854. The fourth-order valence-corrected chi connectivity index (χ4v) is 2.53. The Labute approximate surface area is 122 Å². The van der Waals surface area contributed by atoms with Gasteiger partial charge in [-0.05, 0) is 25.5 Å². The number of nitrogens with one attached hydrogen (secondary N) is 2. The molecule has 1 aliphatic rings. The van der Waals surface area contributed by atoms with E-state index in [0.29, 0.717) is 12.2 Å². The molecule has 0 aliphatic carbocycles. The Morgan fingerprint density at radius 2 is 2.43 bits per heavy atom. The monoisotopic (exact) mass is 286 g/mol. The maximum absolute atomic E-state index is 12.4.